The largest absolute Gasteiger partial charge is 0.506 e. The lowest BCUT2D eigenvalue weighted by atomic mass is 10.2. The molecule has 2 aromatic heterocycles. The van der Waals surface area contributed by atoms with Crippen LogP contribution in [0.3, 0.4) is 0 Å². The first-order chi connectivity index (χ1) is 6.77. The zero-order chi connectivity index (χ0) is 9.97. The van der Waals surface area contributed by atoms with E-state index in [1.165, 1.54) is 0 Å². The maximum absolute atomic E-state index is 9.53. The number of nitrogens with zero attached hydrogens (tertiary/aromatic N) is 2. The van der Waals surface area contributed by atoms with Gasteiger partial charge in [-0.25, -0.2) is 4.98 Å². The van der Waals surface area contributed by atoms with E-state index in [-0.39, 0.29) is 5.75 Å². The lowest BCUT2D eigenvalue weighted by Crippen LogP contribution is -1.84. The number of hydrogen-bond donors (Lipinski definition) is 1. The molecule has 4 heteroatoms. The molecule has 0 radical (unpaired) electrons. The molecule has 70 valence electrons. The Kier molecular flexibility index (Phi) is 2.45. The smallest absolute Gasteiger partial charge is 0.141 e. The summed E-state index contributed by atoms with van der Waals surface area (Å²) in [5, 5.41) is 9.53. The molecule has 0 aromatic carbocycles. The van der Waals surface area contributed by atoms with Crippen molar-refractivity contribution in [1.29, 1.82) is 0 Å². The van der Waals surface area contributed by atoms with Crippen LogP contribution in [0.4, 0.5) is 0 Å². The van der Waals surface area contributed by atoms with Crippen LogP contribution in [-0.4, -0.2) is 15.1 Å². The molecule has 0 saturated carbocycles. The Morgan fingerprint density at radius 1 is 1.14 bits per heavy atom. The van der Waals surface area contributed by atoms with E-state index in [1.54, 1.807) is 24.5 Å². The summed E-state index contributed by atoms with van der Waals surface area (Å²) in [4.78, 5) is 8.14. The summed E-state index contributed by atoms with van der Waals surface area (Å²) in [5.74, 6) is 0.164. The van der Waals surface area contributed by atoms with Gasteiger partial charge in [-0.05, 0) is 40.2 Å². The third kappa shape index (κ3) is 1.75. The molecule has 0 aliphatic rings. The van der Waals surface area contributed by atoms with Crippen molar-refractivity contribution in [3.63, 3.8) is 0 Å². The Bertz CT molecular complexity index is 442. The van der Waals surface area contributed by atoms with Gasteiger partial charge in [-0.3, -0.25) is 4.98 Å². The molecule has 3 nitrogen and oxygen atoms in total. The van der Waals surface area contributed by atoms with Crippen LogP contribution in [-0.2, 0) is 0 Å². The molecule has 0 atom stereocenters. The minimum Gasteiger partial charge on any atom is -0.506 e. The van der Waals surface area contributed by atoms with Crippen LogP contribution in [0.1, 0.15) is 0 Å². The van der Waals surface area contributed by atoms with Crippen LogP contribution in [0, 0.1) is 0 Å². The zero-order valence-corrected chi connectivity index (χ0v) is 8.77. The van der Waals surface area contributed by atoms with Gasteiger partial charge in [0.1, 0.15) is 16.0 Å². The van der Waals surface area contributed by atoms with E-state index >= 15 is 0 Å². The van der Waals surface area contributed by atoms with E-state index in [2.05, 4.69) is 25.9 Å². The van der Waals surface area contributed by atoms with Crippen LogP contribution in [0.15, 0.2) is 41.3 Å². The summed E-state index contributed by atoms with van der Waals surface area (Å²) >= 11 is 3.24. The molecule has 0 saturated heterocycles. The fraction of sp³-hybridized carbons (Fsp3) is 0. The first-order valence-electron chi connectivity index (χ1n) is 4.03. The van der Waals surface area contributed by atoms with Gasteiger partial charge in [-0.1, -0.05) is 0 Å². The maximum atomic E-state index is 9.53. The molecule has 14 heavy (non-hydrogen) atoms. The lowest BCUT2D eigenvalue weighted by Gasteiger charge is -2.01. The van der Waals surface area contributed by atoms with Gasteiger partial charge in [-0.15, -0.1) is 0 Å². The highest BCUT2D eigenvalue weighted by Crippen LogP contribution is 2.25. The van der Waals surface area contributed by atoms with Gasteiger partial charge >= 0.3 is 0 Å². The molecule has 0 spiro atoms. The van der Waals surface area contributed by atoms with Gasteiger partial charge in [0.2, 0.25) is 0 Å². The number of pyridine rings is 2. The van der Waals surface area contributed by atoms with Gasteiger partial charge in [0.05, 0.1) is 0 Å². The molecule has 0 aliphatic carbocycles. The second-order valence-electron chi connectivity index (χ2n) is 2.74. The molecule has 0 bridgehead atoms. The lowest BCUT2D eigenvalue weighted by molar-refractivity contribution is 0.475. The maximum Gasteiger partial charge on any atom is 0.141 e. The molecule has 2 rings (SSSR count). The second kappa shape index (κ2) is 3.75. The number of aromatic hydroxyl groups is 1. The Balaban J connectivity index is 2.50. The molecule has 0 aliphatic heterocycles. The molecule has 1 N–H and O–H groups in total. The van der Waals surface area contributed by atoms with Crippen molar-refractivity contribution < 1.29 is 5.11 Å². The van der Waals surface area contributed by atoms with Crippen LogP contribution in [0.5, 0.6) is 5.75 Å². The third-order valence-corrected chi connectivity index (χ3v) is 2.26. The van der Waals surface area contributed by atoms with Crippen molar-refractivity contribution in [3.05, 3.63) is 41.3 Å². The predicted octanol–water partition coefficient (Wildman–Crippen LogP) is 2.61. The number of aromatic nitrogens is 2. The highest BCUT2D eigenvalue weighted by molar-refractivity contribution is 9.10. The minimum atomic E-state index is 0.164. The molecule has 0 fully saturated rings. The quantitative estimate of drug-likeness (QED) is 0.792. The van der Waals surface area contributed by atoms with E-state index in [4.69, 9.17) is 0 Å². The fourth-order valence-corrected chi connectivity index (χ4v) is 1.37. The summed E-state index contributed by atoms with van der Waals surface area (Å²) < 4.78 is 0.761. The molecule has 2 aromatic rings. The predicted molar refractivity (Wildman–Crippen MR) is 56.8 cm³/mol. The molecular weight excluding hydrogens is 244 g/mol. The number of hydrogen-bond acceptors (Lipinski definition) is 3. The standard InChI is InChI=1S/C10H7BrN2O/c11-9-4-3-7(6-13-9)10-8(14)2-1-5-12-10/h1-6,14H. The van der Waals surface area contributed by atoms with Crippen LogP contribution >= 0.6 is 15.9 Å². The summed E-state index contributed by atoms with van der Waals surface area (Å²) in [5.41, 5.74) is 1.35. The van der Waals surface area contributed by atoms with Gasteiger partial charge < -0.3 is 5.11 Å². The Labute approximate surface area is 89.6 Å². The normalized spacial score (nSPS) is 10.1. The van der Waals surface area contributed by atoms with Gasteiger partial charge in [-0.2, -0.15) is 0 Å². The average molecular weight is 251 g/mol. The Morgan fingerprint density at radius 3 is 2.64 bits per heavy atom. The van der Waals surface area contributed by atoms with Crippen molar-refractivity contribution >= 4 is 15.9 Å². The second-order valence-corrected chi connectivity index (χ2v) is 3.55. The monoisotopic (exact) mass is 250 g/mol. The Morgan fingerprint density at radius 2 is 2.00 bits per heavy atom. The summed E-state index contributed by atoms with van der Waals surface area (Å²) in [7, 11) is 0. The van der Waals surface area contributed by atoms with E-state index in [0.717, 1.165) is 10.2 Å². The van der Waals surface area contributed by atoms with Crippen molar-refractivity contribution in [2.75, 3.05) is 0 Å². The van der Waals surface area contributed by atoms with E-state index in [1.807, 2.05) is 12.1 Å². The van der Waals surface area contributed by atoms with Crippen LogP contribution < -0.4 is 0 Å². The molecule has 2 heterocycles. The SMILES string of the molecule is Oc1cccnc1-c1ccc(Br)nc1. The van der Waals surface area contributed by atoms with Crippen molar-refractivity contribution in [2.24, 2.45) is 0 Å². The minimum absolute atomic E-state index is 0.164. The average Bonchev–Trinajstić information content (AvgIpc) is 2.20. The first-order valence-corrected chi connectivity index (χ1v) is 4.82. The van der Waals surface area contributed by atoms with E-state index in [0.29, 0.717) is 5.69 Å². The van der Waals surface area contributed by atoms with Crippen LogP contribution in [0.25, 0.3) is 11.3 Å². The first kappa shape index (κ1) is 9.15. The fourth-order valence-electron chi connectivity index (χ4n) is 1.14. The zero-order valence-electron chi connectivity index (χ0n) is 7.18. The highest BCUT2D eigenvalue weighted by atomic mass is 79.9. The third-order valence-electron chi connectivity index (χ3n) is 1.79. The van der Waals surface area contributed by atoms with E-state index in [9.17, 15) is 5.11 Å². The van der Waals surface area contributed by atoms with Crippen LogP contribution in [0.2, 0.25) is 0 Å². The molecule has 0 unspecified atom stereocenters. The van der Waals surface area contributed by atoms with Crippen molar-refractivity contribution in [1.82, 2.24) is 9.97 Å². The van der Waals surface area contributed by atoms with Crippen molar-refractivity contribution in [2.45, 2.75) is 0 Å². The highest BCUT2D eigenvalue weighted by Gasteiger charge is 2.04. The summed E-state index contributed by atoms with van der Waals surface area (Å²) in [6, 6.07) is 6.94. The topological polar surface area (TPSA) is 46.0 Å². The summed E-state index contributed by atoms with van der Waals surface area (Å²) in [6.07, 6.45) is 3.29. The van der Waals surface area contributed by atoms with Gasteiger partial charge in [0.25, 0.3) is 0 Å². The molecule has 0 amide bonds. The van der Waals surface area contributed by atoms with E-state index < -0.39 is 0 Å². The summed E-state index contributed by atoms with van der Waals surface area (Å²) in [6.45, 7) is 0. The number of halogens is 1. The van der Waals surface area contributed by atoms with Gasteiger partial charge in [0.15, 0.2) is 0 Å². The Hall–Kier alpha value is -1.42. The molecular formula is C10H7BrN2O. The van der Waals surface area contributed by atoms with Gasteiger partial charge in [0, 0.05) is 18.0 Å². The number of rotatable bonds is 1. The van der Waals surface area contributed by atoms with Crippen molar-refractivity contribution in [3.8, 4) is 17.0 Å².